The molecule has 116 valence electrons. The molecule has 0 aromatic heterocycles. The topological polar surface area (TPSA) is 40.6 Å². The summed E-state index contributed by atoms with van der Waals surface area (Å²) in [6.07, 6.45) is 0. The Bertz CT molecular complexity index is 766. The van der Waals surface area contributed by atoms with Crippen LogP contribution in [0.25, 0.3) is 0 Å². The summed E-state index contributed by atoms with van der Waals surface area (Å²) < 4.78 is 0.996. The van der Waals surface area contributed by atoms with Crippen LogP contribution in [-0.2, 0) is 4.79 Å². The van der Waals surface area contributed by atoms with Gasteiger partial charge in [-0.05, 0) is 29.8 Å². The lowest BCUT2D eigenvalue weighted by molar-refractivity contribution is -0.119. The maximum Gasteiger partial charge on any atom is 0.333 e. The molecule has 0 bridgehead atoms. The molecule has 0 N–H and O–H groups in total. The first-order valence-corrected chi connectivity index (χ1v) is 9.09. The van der Waals surface area contributed by atoms with E-state index in [1.165, 1.54) is 4.90 Å². The van der Waals surface area contributed by atoms with E-state index in [9.17, 15) is 9.59 Å². The summed E-state index contributed by atoms with van der Waals surface area (Å²) in [6, 6.07) is 16.4. The standard InChI is InChI=1S/C17H13BrN2O2S/c18-12-8-6-11(7-9-12)16-20-14(10-23-16)15(21)19(17(20)22)13-4-2-1-3-5-13/h1-9,14,16H,10H2/t14-,16-/m1/s1. The SMILES string of the molecule is O=C1[C@H]2CS[C@H](c3ccc(Br)cc3)N2C(=O)N1c1ccccc1. The molecule has 2 aromatic carbocycles. The van der Waals surface area contributed by atoms with Crippen LogP contribution >= 0.6 is 27.7 Å². The van der Waals surface area contributed by atoms with Crippen molar-refractivity contribution in [3.05, 3.63) is 64.6 Å². The quantitative estimate of drug-likeness (QED) is 0.729. The maximum absolute atomic E-state index is 12.9. The summed E-state index contributed by atoms with van der Waals surface area (Å²) in [6.45, 7) is 0. The molecule has 4 nitrogen and oxygen atoms in total. The normalized spacial score (nSPS) is 23.5. The van der Waals surface area contributed by atoms with E-state index in [0.717, 1.165) is 10.0 Å². The second-order valence-electron chi connectivity index (χ2n) is 5.45. The molecular formula is C17H13BrN2O2S. The summed E-state index contributed by atoms with van der Waals surface area (Å²) in [7, 11) is 0. The van der Waals surface area contributed by atoms with E-state index in [-0.39, 0.29) is 23.4 Å². The molecule has 2 heterocycles. The highest BCUT2D eigenvalue weighted by molar-refractivity contribution is 9.10. The molecular weight excluding hydrogens is 376 g/mol. The molecule has 2 aliphatic heterocycles. The molecule has 4 rings (SSSR count). The Labute approximate surface area is 146 Å². The zero-order valence-electron chi connectivity index (χ0n) is 12.1. The fraction of sp³-hybridized carbons (Fsp3) is 0.176. The molecule has 3 amide bonds. The van der Waals surface area contributed by atoms with Gasteiger partial charge >= 0.3 is 6.03 Å². The van der Waals surface area contributed by atoms with Crippen LogP contribution < -0.4 is 4.90 Å². The summed E-state index contributed by atoms with van der Waals surface area (Å²) in [5.41, 5.74) is 1.67. The van der Waals surface area contributed by atoms with Gasteiger partial charge in [0.05, 0.1) is 5.69 Å². The van der Waals surface area contributed by atoms with Gasteiger partial charge in [-0.2, -0.15) is 0 Å². The number of carbonyl (C=O) groups is 2. The average Bonchev–Trinajstić information content (AvgIpc) is 3.10. The molecule has 23 heavy (non-hydrogen) atoms. The number of amides is 3. The molecule has 2 aromatic rings. The largest absolute Gasteiger partial charge is 0.333 e. The van der Waals surface area contributed by atoms with Crippen LogP contribution in [0.4, 0.5) is 10.5 Å². The maximum atomic E-state index is 12.9. The Morgan fingerprint density at radius 3 is 2.39 bits per heavy atom. The van der Waals surface area contributed by atoms with Crippen molar-refractivity contribution in [3.63, 3.8) is 0 Å². The molecule has 2 fully saturated rings. The van der Waals surface area contributed by atoms with Crippen LogP contribution in [0, 0.1) is 0 Å². The van der Waals surface area contributed by atoms with Gasteiger partial charge in [-0.15, -0.1) is 11.8 Å². The number of imide groups is 1. The van der Waals surface area contributed by atoms with Gasteiger partial charge in [-0.1, -0.05) is 46.3 Å². The van der Waals surface area contributed by atoms with E-state index in [4.69, 9.17) is 0 Å². The van der Waals surface area contributed by atoms with Crippen molar-refractivity contribution in [3.8, 4) is 0 Å². The van der Waals surface area contributed by atoms with Gasteiger partial charge in [0.15, 0.2) is 0 Å². The predicted molar refractivity (Wildman–Crippen MR) is 94.3 cm³/mol. The Balaban J connectivity index is 1.68. The van der Waals surface area contributed by atoms with Gasteiger partial charge in [0, 0.05) is 10.2 Å². The minimum Gasteiger partial charge on any atom is -0.295 e. The number of hydrogen-bond acceptors (Lipinski definition) is 3. The van der Waals surface area contributed by atoms with Crippen molar-refractivity contribution in [2.45, 2.75) is 11.4 Å². The molecule has 0 saturated carbocycles. The van der Waals surface area contributed by atoms with Crippen LogP contribution in [0.2, 0.25) is 0 Å². The molecule has 0 unspecified atom stereocenters. The molecule has 2 saturated heterocycles. The van der Waals surface area contributed by atoms with E-state index in [1.807, 2.05) is 42.5 Å². The third-order valence-corrected chi connectivity index (χ3v) is 5.94. The minimum atomic E-state index is -0.374. The summed E-state index contributed by atoms with van der Waals surface area (Å²) in [4.78, 5) is 28.5. The zero-order chi connectivity index (χ0) is 16.0. The van der Waals surface area contributed by atoms with Crippen molar-refractivity contribution >= 4 is 45.3 Å². The summed E-state index contributed by atoms with van der Waals surface area (Å²) in [5.74, 6) is 0.502. The number of urea groups is 1. The van der Waals surface area contributed by atoms with Gasteiger partial charge in [0.25, 0.3) is 5.91 Å². The summed E-state index contributed by atoms with van der Waals surface area (Å²) >= 11 is 5.06. The van der Waals surface area contributed by atoms with Crippen molar-refractivity contribution in [2.75, 3.05) is 10.7 Å². The monoisotopic (exact) mass is 388 g/mol. The van der Waals surface area contributed by atoms with Crippen molar-refractivity contribution in [1.82, 2.24) is 4.90 Å². The first-order valence-electron chi connectivity index (χ1n) is 7.25. The van der Waals surface area contributed by atoms with E-state index >= 15 is 0 Å². The highest BCUT2D eigenvalue weighted by atomic mass is 79.9. The van der Waals surface area contributed by atoms with Gasteiger partial charge in [0.2, 0.25) is 0 Å². The van der Waals surface area contributed by atoms with Crippen LogP contribution in [0.15, 0.2) is 59.1 Å². The predicted octanol–water partition coefficient (Wildman–Crippen LogP) is 4.03. The Morgan fingerprint density at radius 1 is 1.00 bits per heavy atom. The lowest BCUT2D eigenvalue weighted by Crippen LogP contribution is -2.33. The number of halogens is 1. The molecule has 2 aliphatic rings. The second-order valence-corrected chi connectivity index (χ2v) is 7.48. The first kappa shape index (κ1) is 14.8. The third kappa shape index (κ3) is 2.37. The fourth-order valence-electron chi connectivity index (χ4n) is 2.99. The van der Waals surface area contributed by atoms with Crippen molar-refractivity contribution in [1.29, 1.82) is 0 Å². The summed E-state index contributed by atoms with van der Waals surface area (Å²) in [5, 5.41) is -0.113. The Morgan fingerprint density at radius 2 is 1.70 bits per heavy atom. The molecule has 2 atom stereocenters. The fourth-order valence-corrected chi connectivity index (χ4v) is 4.67. The number of nitrogens with zero attached hydrogens (tertiary/aromatic N) is 2. The van der Waals surface area contributed by atoms with E-state index < -0.39 is 0 Å². The highest BCUT2D eigenvalue weighted by Gasteiger charge is 2.53. The van der Waals surface area contributed by atoms with Gasteiger partial charge < -0.3 is 0 Å². The highest BCUT2D eigenvalue weighted by Crippen LogP contribution is 2.46. The molecule has 0 aliphatic carbocycles. The van der Waals surface area contributed by atoms with Crippen LogP contribution in [-0.4, -0.2) is 28.6 Å². The van der Waals surface area contributed by atoms with Crippen LogP contribution in [0.5, 0.6) is 0 Å². The minimum absolute atomic E-state index is 0.113. The van der Waals surface area contributed by atoms with E-state index in [1.54, 1.807) is 28.8 Å². The van der Waals surface area contributed by atoms with E-state index in [2.05, 4.69) is 15.9 Å². The van der Waals surface area contributed by atoms with Crippen molar-refractivity contribution < 1.29 is 9.59 Å². The van der Waals surface area contributed by atoms with Gasteiger partial charge in [0.1, 0.15) is 11.4 Å². The number of rotatable bonds is 2. The second kappa shape index (κ2) is 5.69. The molecule has 0 spiro atoms. The smallest absolute Gasteiger partial charge is 0.295 e. The number of anilines is 1. The lowest BCUT2D eigenvalue weighted by Gasteiger charge is -2.23. The molecule has 0 radical (unpaired) electrons. The zero-order valence-corrected chi connectivity index (χ0v) is 14.5. The number of thioether (sulfide) groups is 1. The van der Waals surface area contributed by atoms with Gasteiger partial charge in [-0.3, -0.25) is 9.69 Å². The average molecular weight is 389 g/mol. The number of fused-ring (bicyclic) bond motifs is 1. The number of para-hydroxylation sites is 1. The molecule has 6 heteroatoms. The number of benzene rings is 2. The van der Waals surface area contributed by atoms with E-state index in [0.29, 0.717) is 11.4 Å². The third-order valence-electron chi connectivity index (χ3n) is 4.09. The van der Waals surface area contributed by atoms with Crippen LogP contribution in [0.3, 0.4) is 0 Å². The van der Waals surface area contributed by atoms with Crippen LogP contribution in [0.1, 0.15) is 10.9 Å². The lowest BCUT2D eigenvalue weighted by atomic mass is 10.2. The van der Waals surface area contributed by atoms with Gasteiger partial charge in [-0.25, -0.2) is 9.69 Å². The number of hydrogen-bond donors (Lipinski definition) is 0. The number of carbonyl (C=O) groups excluding carboxylic acids is 2. The Hall–Kier alpha value is -1.79. The first-order chi connectivity index (χ1) is 11.2. The Kier molecular flexibility index (Phi) is 3.66. The van der Waals surface area contributed by atoms with Crippen molar-refractivity contribution in [2.24, 2.45) is 0 Å².